The summed E-state index contributed by atoms with van der Waals surface area (Å²) in [5.74, 6) is 0.343. The molecule has 11 heavy (non-hydrogen) atoms. The molecule has 0 spiro atoms. The van der Waals surface area contributed by atoms with E-state index in [1.54, 1.807) is 11.3 Å². The van der Waals surface area contributed by atoms with Crippen molar-refractivity contribution in [3.05, 3.63) is 21.4 Å². The largest absolute Gasteiger partial charge is 0.294 e. The molecule has 0 fully saturated rings. The predicted molar refractivity (Wildman–Crippen MR) is 46.3 cm³/mol. The van der Waals surface area contributed by atoms with Crippen LogP contribution in [-0.2, 0) is 12.8 Å². The van der Waals surface area contributed by atoms with Gasteiger partial charge in [0.1, 0.15) is 0 Å². The molecule has 0 saturated carbocycles. The summed E-state index contributed by atoms with van der Waals surface area (Å²) in [7, 11) is 0. The lowest BCUT2D eigenvalue weighted by Crippen LogP contribution is -1.88. The third-order valence-electron chi connectivity index (χ3n) is 2.09. The first kappa shape index (κ1) is 7.04. The monoisotopic (exact) mass is 166 g/mol. The Balaban J connectivity index is 2.46. The molecule has 0 unspecified atom stereocenters. The first-order valence-electron chi connectivity index (χ1n) is 3.96. The molecule has 0 aromatic carbocycles. The van der Waals surface area contributed by atoms with Crippen LogP contribution in [-0.4, -0.2) is 5.78 Å². The van der Waals surface area contributed by atoms with Gasteiger partial charge in [-0.1, -0.05) is 6.92 Å². The number of ketones is 1. The Hall–Kier alpha value is -0.630. The molecule has 2 rings (SSSR count). The summed E-state index contributed by atoms with van der Waals surface area (Å²) in [5.41, 5.74) is 1.01. The van der Waals surface area contributed by atoms with Gasteiger partial charge < -0.3 is 0 Å². The number of carbonyl (C=O) groups excluding carboxylic acids is 1. The van der Waals surface area contributed by atoms with Crippen molar-refractivity contribution in [1.29, 1.82) is 0 Å². The van der Waals surface area contributed by atoms with Gasteiger partial charge in [0.05, 0.1) is 0 Å². The van der Waals surface area contributed by atoms with E-state index in [9.17, 15) is 4.79 Å². The molecule has 58 valence electrons. The van der Waals surface area contributed by atoms with E-state index in [1.807, 2.05) is 0 Å². The smallest absolute Gasteiger partial charge is 0.164 e. The molecule has 1 aliphatic rings. The first-order chi connectivity index (χ1) is 5.31. The zero-order chi connectivity index (χ0) is 7.84. The fraction of sp³-hybridized carbons (Fsp3) is 0.444. The fourth-order valence-electron chi connectivity index (χ4n) is 1.44. The van der Waals surface area contributed by atoms with Crippen LogP contribution in [0.4, 0.5) is 0 Å². The number of carbonyl (C=O) groups is 1. The highest BCUT2D eigenvalue weighted by Gasteiger charge is 2.21. The minimum atomic E-state index is 0.343. The lowest BCUT2D eigenvalue weighted by Gasteiger charge is -1.85. The van der Waals surface area contributed by atoms with Gasteiger partial charge in [-0.15, -0.1) is 11.3 Å². The van der Waals surface area contributed by atoms with Gasteiger partial charge in [-0.3, -0.25) is 4.79 Å². The summed E-state index contributed by atoms with van der Waals surface area (Å²) >= 11 is 1.80. The van der Waals surface area contributed by atoms with Gasteiger partial charge in [0, 0.05) is 21.7 Å². The van der Waals surface area contributed by atoms with Crippen molar-refractivity contribution in [2.24, 2.45) is 0 Å². The minimum absolute atomic E-state index is 0.343. The SMILES string of the molecule is CCc1cc2c(s1)CCC2=O. The van der Waals surface area contributed by atoms with E-state index in [0.717, 1.165) is 24.8 Å². The van der Waals surface area contributed by atoms with Gasteiger partial charge >= 0.3 is 0 Å². The second kappa shape index (κ2) is 2.45. The molecule has 0 atom stereocenters. The van der Waals surface area contributed by atoms with Crippen molar-refractivity contribution < 1.29 is 4.79 Å². The van der Waals surface area contributed by atoms with Crippen LogP contribution in [0.1, 0.15) is 33.5 Å². The van der Waals surface area contributed by atoms with Gasteiger partial charge in [0.2, 0.25) is 0 Å². The van der Waals surface area contributed by atoms with E-state index in [2.05, 4.69) is 13.0 Å². The zero-order valence-corrected chi connectivity index (χ0v) is 7.33. The maximum atomic E-state index is 11.2. The number of hydrogen-bond donors (Lipinski definition) is 0. The molecule has 0 aliphatic heterocycles. The summed E-state index contributed by atoms with van der Waals surface area (Å²) < 4.78 is 0. The van der Waals surface area contributed by atoms with E-state index in [-0.39, 0.29) is 0 Å². The van der Waals surface area contributed by atoms with Crippen molar-refractivity contribution in [2.75, 3.05) is 0 Å². The molecule has 0 bridgehead atoms. The van der Waals surface area contributed by atoms with Crippen LogP contribution >= 0.6 is 11.3 Å². The Bertz CT molecular complexity index is 299. The van der Waals surface area contributed by atoms with Gasteiger partial charge in [0.25, 0.3) is 0 Å². The van der Waals surface area contributed by atoms with E-state index in [4.69, 9.17) is 0 Å². The van der Waals surface area contributed by atoms with E-state index < -0.39 is 0 Å². The topological polar surface area (TPSA) is 17.1 Å². The highest BCUT2D eigenvalue weighted by molar-refractivity contribution is 7.12. The quantitative estimate of drug-likeness (QED) is 0.626. The molecule has 1 aliphatic carbocycles. The van der Waals surface area contributed by atoms with E-state index in [0.29, 0.717) is 5.78 Å². The van der Waals surface area contributed by atoms with Crippen molar-refractivity contribution in [3.8, 4) is 0 Å². The first-order valence-corrected chi connectivity index (χ1v) is 4.77. The number of thiophene rings is 1. The maximum Gasteiger partial charge on any atom is 0.164 e. The lowest BCUT2D eigenvalue weighted by molar-refractivity contribution is 0.0994. The fourth-order valence-corrected chi connectivity index (χ4v) is 2.57. The van der Waals surface area contributed by atoms with Crippen LogP contribution in [0.5, 0.6) is 0 Å². The lowest BCUT2D eigenvalue weighted by atomic mass is 10.2. The predicted octanol–water partition coefficient (Wildman–Crippen LogP) is 2.44. The number of Topliss-reactive ketones (excluding diaryl/α,β-unsaturated/α-hetero) is 1. The van der Waals surface area contributed by atoms with Crippen LogP contribution in [0.15, 0.2) is 6.07 Å². The van der Waals surface area contributed by atoms with E-state index >= 15 is 0 Å². The minimum Gasteiger partial charge on any atom is -0.294 e. The third kappa shape index (κ3) is 1.02. The van der Waals surface area contributed by atoms with Crippen molar-refractivity contribution >= 4 is 17.1 Å². The molecule has 0 radical (unpaired) electrons. The van der Waals surface area contributed by atoms with Crippen molar-refractivity contribution in [2.45, 2.75) is 26.2 Å². The standard InChI is InChI=1S/C9H10OS/c1-2-6-5-7-8(10)3-4-9(7)11-6/h5H,2-4H2,1H3. The van der Waals surface area contributed by atoms with Gasteiger partial charge in [-0.25, -0.2) is 0 Å². The van der Waals surface area contributed by atoms with Gasteiger partial charge in [-0.05, 0) is 18.9 Å². The summed E-state index contributed by atoms with van der Waals surface area (Å²) in [6.07, 6.45) is 2.79. The Kier molecular flexibility index (Phi) is 1.57. The molecule has 0 saturated heterocycles. The molecule has 1 nitrogen and oxygen atoms in total. The molecular formula is C9H10OS. The number of fused-ring (bicyclic) bond motifs is 1. The zero-order valence-electron chi connectivity index (χ0n) is 6.52. The summed E-state index contributed by atoms with van der Waals surface area (Å²) in [6, 6.07) is 2.06. The normalized spacial score (nSPS) is 15.5. The second-order valence-corrected chi connectivity index (χ2v) is 4.05. The van der Waals surface area contributed by atoms with E-state index in [1.165, 1.54) is 9.75 Å². The van der Waals surface area contributed by atoms with Crippen LogP contribution in [0.2, 0.25) is 0 Å². The molecule has 0 amide bonds. The summed E-state index contributed by atoms with van der Waals surface area (Å²) in [4.78, 5) is 13.9. The van der Waals surface area contributed by atoms with Gasteiger partial charge in [0.15, 0.2) is 5.78 Å². The molecule has 0 N–H and O–H groups in total. The highest BCUT2D eigenvalue weighted by atomic mass is 32.1. The summed E-state index contributed by atoms with van der Waals surface area (Å²) in [6.45, 7) is 2.13. The Labute approximate surface area is 70.1 Å². The molecule has 1 aromatic rings. The number of hydrogen-bond acceptors (Lipinski definition) is 2. The van der Waals surface area contributed by atoms with Crippen LogP contribution < -0.4 is 0 Å². The molecule has 2 heteroatoms. The van der Waals surface area contributed by atoms with Crippen LogP contribution in [0.25, 0.3) is 0 Å². The molecule has 1 aromatic heterocycles. The Morgan fingerprint density at radius 2 is 2.36 bits per heavy atom. The summed E-state index contributed by atoms with van der Waals surface area (Å²) in [5, 5.41) is 0. The number of rotatable bonds is 1. The maximum absolute atomic E-state index is 11.2. The molecular weight excluding hydrogens is 156 g/mol. The van der Waals surface area contributed by atoms with Crippen LogP contribution in [0, 0.1) is 0 Å². The Morgan fingerprint density at radius 3 is 3.00 bits per heavy atom. The number of aryl methyl sites for hydroxylation is 2. The average Bonchev–Trinajstić information content (AvgIpc) is 2.53. The van der Waals surface area contributed by atoms with Gasteiger partial charge in [-0.2, -0.15) is 0 Å². The van der Waals surface area contributed by atoms with Crippen molar-refractivity contribution in [1.82, 2.24) is 0 Å². The molecule has 1 heterocycles. The second-order valence-electron chi connectivity index (χ2n) is 2.83. The van der Waals surface area contributed by atoms with Crippen LogP contribution in [0.3, 0.4) is 0 Å². The van der Waals surface area contributed by atoms with Crippen molar-refractivity contribution in [3.63, 3.8) is 0 Å². The highest BCUT2D eigenvalue weighted by Crippen LogP contribution is 2.30. The third-order valence-corrected chi connectivity index (χ3v) is 3.43. The average molecular weight is 166 g/mol. The Morgan fingerprint density at radius 1 is 1.55 bits per heavy atom.